The Bertz CT molecular complexity index is 709. The first-order valence-corrected chi connectivity index (χ1v) is 9.87. The van der Waals surface area contributed by atoms with Crippen LogP contribution in [0.25, 0.3) is 0 Å². The molecule has 1 unspecified atom stereocenters. The van der Waals surface area contributed by atoms with Gasteiger partial charge in [-0.2, -0.15) is 0 Å². The quantitative estimate of drug-likeness (QED) is 0.818. The van der Waals surface area contributed by atoms with Crippen molar-refractivity contribution in [3.8, 4) is 0 Å². The highest BCUT2D eigenvalue weighted by Crippen LogP contribution is 2.14. The third-order valence-corrected chi connectivity index (χ3v) is 5.21. The van der Waals surface area contributed by atoms with Crippen molar-refractivity contribution < 1.29 is 4.79 Å². The van der Waals surface area contributed by atoms with Crippen molar-refractivity contribution in [2.75, 3.05) is 32.7 Å². The average molecular weight is 367 g/mol. The highest BCUT2D eigenvalue weighted by molar-refractivity contribution is 5.78. The van der Waals surface area contributed by atoms with Gasteiger partial charge in [-0.3, -0.25) is 19.6 Å². The molecule has 2 heterocycles. The summed E-state index contributed by atoms with van der Waals surface area (Å²) in [4.78, 5) is 21.4. The Morgan fingerprint density at radius 1 is 1.07 bits per heavy atom. The molecule has 27 heavy (non-hydrogen) atoms. The summed E-state index contributed by atoms with van der Waals surface area (Å²) in [5.74, 6) is 0.0974. The van der Waals surface area contributed by atoms with Gasteiger partial charge in [0.15, 0.2) is 0 Å². The van der Waals surface area contributed by atoms with Crippen molar-refractivity contribution in [3.63, 3.8) is 0 Å². The summed E-state index contributed by atoms with van der Waals surface area (Å²) in [5, 5.41) is 3.13. The Kier molecular flexibility index (Phi) is 6.96. The molecule has 1 aromatic carbocycles. The number of piperazine rings is 1. The first kappa shape index (κ1) is 19.5. The summed E-state index contributed by atoms with van der Waals surface area (Å²) in [7, 11) is 0. The van der Waals surface area contributed by atoms with E-state index < -0.39 is 0 Å². The molecule has 1 amide bonds. The van der Waals surface area contributed by atoms with Crippen LogP contribution in [-0.4, -0.2) is 53.4 Å². The van der Waals surface area contributed by atoms with Crippen molar-refractivity contribution >= 4 is 5.91 Å². The maximum Gasteiger partial charge on any atom is 0.234 e. The van der Waals surface area contributed by atoms with Gasteiger partial charge in [-0.25, -0.2) is 0 Å². The lowest BCUT2D eigenvalue weighted by molar-refractivity contribution is -0.123. The van der Waals surface area contributed by atoms with Gasteiger partial charge >= 0.3 is 0 Å². The van der Waals surface area contributed by atoms with Gasteiger partial charge in [0, 0.05) is 38.9 Å². The van der Waals surface area contributed by atoms with Gasteiger partial charge in [0.1, 0.15) is 0 Å². The lowest BCUT2D eigenvalue weighted by Crippen LogP contribution is -2.49. The molecule has 3 rings (SSSR count). The molecule has 0 saturated carbocycles. The number of pyridine rings is 1. The predicted octanol–water partition coefficient (Wildman–Crippen LogP) is 2.64. The molecule has 2 aromatic rings. The van der Waals surface area contributed by atoms with E-state index in [9.17, 15) is 4.79 Å². The topological polar surface area (TPSA) is 48.5 Å². The molecule has 1 fully saturated rings. The molecule has 0 radical (unpaired) electrons. The van der Waals surface area contributed by atoms with Crippen LogP contribution in [0.15, 0.2) is 48.7 Å². The van der Waals surface area contributed by atoms with Crippen LogP contribution in [-0.2, 0) is 17.8 Å². The molecular weight excluding hydrogens is 336 g/mol. The van der Waals surface area contributed by atoms with Crippen molar-refractivity contribution in [2.24, 2.45) is 0 Å². The minimum Gasteiger partial charge on any atom is -0.348 e. The van der Waals surface area contributed by atoms with Gasteiger partial charge in [-0.05, 0) is 36.6 Å². The zero-order valence-electron chi connectivity index (χ0n) is 16.4. The lowest BCUT2D eigenvalue weighted by Gasteiger charge is -2.34. The molecule has 5 heteroatoms. The van der Waals surface area contributed by atoms with Crippen LogP contribution >= 0.6 is 0 Å². The van der Waals surface area contributed by atoms with Crippen molar-refractivity contribution in [3.05, 3.63) is 65.5 Å². The normalized spacial score (nSPS) is 16.8. The molecule has 0 aliphatic carbocycles. The highest BCUT2D eigenvalue weighted by Gasteiger charge is 2.20. The van der Waals surface area contributed by atoms with Crippen LogP contribution in [0.1, 0.15) is 36.7 Å². The minimum absolute atomic E-state index is 0.0360. The summed E-state index contributed by atoms with van der Waals surface area (Å²) < 4.78 is 0. The van der Waals surface area contributed by atoms with Crippen LogP contribution in [0.2, 0.25) is 0 Å². The molecule has 1 saturated heterocycles. The summed E-state index contributed by atoms with van der Waals surface area (Å²) in [6, 6.07) is 14.6. The third-order valence-electron chi connectivity index (χ3n) is 5.21. The molecule has 144 valence electrons. The Morgan fingerprint density at radius 3 is 2.41 bits per heavy atom. The van der Waals surface area contributed by atoms with E-state index in [0.717, 1.165) is 50.4 Å². The maximum atomic E-state index is 12.4. The molecule has 1 aliphatic rings. The molecule has 1 aromatic heterocycles. The third kappa shape index (κ3) is 5.88. The highest BCUT2D eigenvalue weighted by atomic mass is 16.2. The smallest absolute Gasteiger partial charge is 0.234 e. The Balaban J connectivity index is 1.41. The molecule has 0 bridgehead atoms. The van der Waals surface area contributed by atoms with E-state index in [1.54, 1.807) is 0 Å². The van der Waals surface area contributed by atoms with E-state index in [1.165, 1.54) is 5.56 Å². The molecular formula is C22H30N4O. The van der Waals surface area contributed by atoms with Gasteiger partial charge < -0.3 is 5.32 Å². The fourth-order valence-corrected chi connectivity index (χ4v) is 3.44. The lowest BCUT2D eigenvalue weighted by atomic mass is 10.1. The second-order valence-electron chi connectivity index (χ2n) is 7.26. The van der Waals surface area contributed by atoms with Crippen molar-refractivity contribution in [1.29, 1.82) is 0 Å². The molecule has 1 aliphatic heterocycles. The van der Waals surface area contributed by atoms with Crippen LogP contribution in [0, 0.1) is 0 Å². The number of amides is 1. The van der Waals surface area contributed by atoms with E-state index in [2.05, 4.69) is 57.4 Å². The number of hydrogen-bond acceptors (Lipinski definition) is 4. The van der Waals surface area contributed by atoms with Gasteiger partial charge in [0.2, 0.25) is 5.91 Å². The standard InChI is InChI=1S/C22H30N4O/c1-3-19-7-9-20(10-8-19)18(2)24-22(27)17-26-14-12-25(13-15-26)16-21-6-4-5-11-23-21/h4-11,18H,3,12-17H2,1-2H3,(H,24,27). The van der Waals surface area contributed by atoms with Crippen LogP contribution in [0.5, 0.6) is 0 Å². The second-order valence-corrected chi connectivity index (χ2v) is 7.26. The van der Waals surface area contributed by atoms with Gasteiger partial charge in [0.25, 0.3) is 0 Å². The number of rotatable bonds is 7. The first-order valence-electron chi connectivity index (χ1n) is 9.87. The van der Waals surface area contributed by atoms with Crippen LogP contribution in [0.4, 0.5) is 0 Å². The summed E-state index contributed by atoms with van der Waals surface area (Å²) in [6.45, 7) is 9.32. The van der Waals surface area contributed by atoms with Crippen LogP contribution in [0.3, 0.4) is 0 Å². The fourth-order valence-electron chi connectivity index (χ4n) is 3.44. The van der Waals surface area contributed by atoms with Crippen molar-refractivity contribution in [2.45, 2.75) is 32.9 Å². The largest absolute Gasteiger partial charge is 0.348 e. The predicted molar refractivity (Wildman–Crippen MR) is 108 cm³/mol. The number of hydrogen-bond donors (Lipinski definition) is 1. The van der Waals surface area contributed by atoms with Crippen molar-refractivity contribution in [1.82, 2.24) is 20.1 Å². The second kappa shape index (κ2) is 9.62. The molecule has 0 spiro atoms. The number of aromatic nitrogens is 1. The fraction of sp³-hybridized carbons (Fsp3) is 0.455. The number of aryl methyl sites for hydroxylation is 1. The summed E-state index contributed by atoms with van der Waals surface area (Å²) in [5.41, 5.74) is 3.58. The van der Waals surface area contributed by atoms with E-state index >= 15 is 0 Å². The monoisotopic (exact) mass is 366 g/mol. The number of carbonyl (C=O) groups excluding carboxylic acids is 1. The Morgan fingerprint density at radius 2 is 1.78 bits per heavy atom. The zero-order chi connectivity index (χ0) is 19.1. The van der Waals surface area contributed by atoms with Gasteiger partial charge in [-0.1, -0.05) is 37.3 Å². The Hall–Kier alpha value is -2.24. The SMILES string of the molecule is CCc1ccc(C(C)NC(=O)CN2CCN(Cc3ccccn3)CC2)cc1. The van der Waals surface area contributed by atoms with E-state index in [0.29, 0.717) is 6.54 Å². The number of benzene rings is 1. The minimum atomic E-state index is 0.0360. The number of nitrogens with one attached hydrogen (secondary N) is 1. The summed E-state index contributed by atoms with van der Waals surface area (Å²) in [6.07, 6.45) is 2.88. The first-order chi connectivity index (χ1) is 13.1. The number of nitrogens with zero attached hydrogens (tertiary/aromatic N) is 3. The van der Waals surface area contributed by atoms with E-state index in [4.69, 9.17) is 0 Å². The number of carbonyl (C=O) groups is 1. The maximum absolute atomic E-state index is 12.4. The molecule has 1 N–H and O–H groups in total. The molecule has 5 nitrogen and oxygen atoms in total. The van der Waals surface area contributed by atoms with Crippen LogP contribution < -0.4 is 5.32 Å². The molecule has 1 atom stereocenters. The average Bonchev–Trinajstić information content (AvgIpc) is 2.70. The van der Waals surface area contributed by atoms with E-state index in [-0.39, 0.29) is 11.9 Å². The van der Waals surface area contributed by atoms with Gasteiger partial charge in [0.05, 0.1) is 18.3 Å². The zero-order valence-corrected chi connectivity index (χ0v) is 16.4. The van der Waals surface area contributed by atoms with Gasteiger partial charge in [-0.15, -0.1) is 0 Å². The van der Waals surface area contributed by atoms with E-state index in [1.807, 2.05) is 25.3 Å². The Labute approximate surface area is 162 Å². The summed E-state index contributed by atoms with van der Waals surface area (Å²) >= 11 is 0.